The molecule has 4 nitrogen and oxygen atoms in total. The lowest BCUT2D eigenvalue weighted by Crippen LogP contribution is -2.27. The van der Waals surface area contributed by atoms with Crippen LogP contribution in [-0.2, 0) is 15.8 Å². The number of nitrogens with zero attached hydrogens (tertiary/aromatic N) is 1. The number of carboxylic acid groups (broad SMARTS) is 1. The molecule has 0 amide bonds. The first-order valence-corrected chi connectivity index (χ1v) is 7.33. The number of ether oxygens (including phenoxy) is 1. The Labute approximate surface area is 118 Å². The number of aromatic carboxylic acids is 1. The van der Waals surface area contributed by atoms with Gasteiger partial charge in [-0.1, -0.05) is 34.6 Å². The van der Waals surface area contributed by atoms with Gasteiger partial charge in [0.05, 0.1) is 5.69 Å². The SMILES string of the molecule is CCC(CC)(OC)c1nc(C(C)(C)C)c(C(=O)O)s1. The summed E-state index contributed by atoms with van der Waals surface area (Å²) in [4.78, 5) is 16.3. The van der Waals surface area contributed by atoms with Gasteiger partial charge in [-0.05, 0) is 12.8 Å². The average molecular weight is 285 g/mol. The van der Waals surface area contributed by atoms with E-state index in [-0.39, 0.29) is 5.41 Å². The summed E-state index contributed by atoms with van der Waals surface area (Å²) >= 11 is 1.24. The maximum Gasteiger partial charge on any atom is 0.347 e. The minimum absolute atomic E-state index is 0.288. The lowest BCUT2D eigenvalue weighted by Gasteiger charge is -2.27. The molecule has 0 aromatic carbocycles. The van der Waals surface area contributed by atoms with Crippen LogP contribution in [0, 0.1) is 0 Å². The van der Waals surface area contributed by atoms with Gasteiger partial charge in [0.25, 0.3) is 0 Å². The van der Waals surface area contributed by atoms with Gasteiger partial charge in [-0.15, -0.1) is 11.3 Å². The van der Waals surface area contributed by atoms with E-state index in [1.165, 1.54) is 11.3 Å². The Morgan fingerprint density at radius 3 is 2.11 bits per heavy atom. The summed E-state index contributed by atoms with van der Waals surface area (Å²) in [6, 6.07) is 0. The van der Waals surface area contributed by atoms with Gasteiger partial charge in [0.1, 0.15) is 15.5 Å². The molecule has 108 valence electrons. The van der Waals surface area contributed by atoms with Crippen LogP contribution in [0.1, 0.15) is 67.8 Å². The zero-order valence-corrected chi connectivity index (χ0v) is 13.3. The second-order valence-electron chi connectivity index (χ2n) is 5.66. The standard InChI is InChI=1S/C14H23NO3S/c1-7-14(8-2,18-6)12-15-10(13(3,4)5)9(19-12)11(16)17/h7-8H2,1-6H3,(H,16,17). The van der Waals surface area contributed by atoms with Crippen LogP contribution < -0.4 is 0 Å². The van der Waals surface area contributed by atoms with Crippen molar-refractivity contribution < 1.29 is 14.6 Å². The summed E-state index contributed by atoms with van der Waals surface area (Å²) in [5.74, 6) is -0.911. The third-order valence-electron chi connectivity index (χ3n) is 3.45. The largest absolute Gasteiger partial charge is 0.477 e. The molecule has 1 aromatic rings. The number of hydrogen-bond donors (Lipinski definition) is 1. The summed E-state index contributed by atoms with van der Waals surface area (Å²) in [5, 5.41) is 10.1. The molecule has 1 N–H and O–H groups in total. The average Bonchev–Trinajstić information content (AvgIpc) is 2.77. The fraction of sp³-hybridized carbons (Fsp3) is 0.714. The molecule has 0 spiro atoms. The maximum absolute atomic E-state index is 11.4. The van der Waals surface area contributed by atoms with Crippen LogP contribution in [0.3, 0.4) is 0 Å². The fourth-order valence-corrected chi connectivity index (χ4v) is 3.52. The molecule has 0 aliphatic carbocycles. The van der Waals surface area contributed by atoms with E-state index < -0.39 is 11.6 Å². The molecule has 5 heteroatoms. The van der Waals surface area contributed by atoms with Crippen LogP contribution in [0.5, 0.6) is 0 Å². The third-order valence-corrected chi connectivity index (χ3v) is 4.68. The summed E-state index contributed by atoms with van der Waals surface area (Å²) < 4.78 is 5.64. The van der Waals surface area contributed by atoms with Gasteiger partial charge >= 0.3 is 5.97 Å². The van der Waals surface area contributed by atoms with Crippen molar-refractivity contribution in [2.75, 3.05) is 7.11 Å². The Morgan fingerprint density at radius 1 is 1.32 bits per heavy atom. The van der Waals surface area contributed by atoms with Gasteiger partial charge in [-0.25, -0.2) is 9.78 Å². The maximum atomic E-state index is 11.4. The molecule has 0 aliphatic rings. The van der Waals surface area contributed by atoms with E-state index in [1.54, 1.807) is 7.11 Å². The third kappa shape index (κ3) is 2.98. The number of thiazole rings is 1. The van der Waals surface area contributed by atoms with Crippen molar-refractivity contribution in [3.8, 4) is 0 Å². The molecule has 0 fully saturated rings. The Balaban J connectivity index is 3.44. The Kier molecular flexibility index (Phi) is 4.74. The van der Waals surface area contributed by atoms with Gasteiger partial charge in [-0.2, -0.15) is 0 Å². The summed E-state index contributed by atoms with van der Waals surface area (Å²) in [5.41, 5.74) is -0.120. The molecule has 1 heterocycles. The van der Waals surface area contributed by atoms with E-state index in [1.807, 2.05) is 34.6 Å². The smallest absolute Gasteiger partial charge is 0.347 e. The summed E-state index contributed by atoms with van der Waals surface area (Å²) in [6.45, 7) is 10.00. The Morgan fingerprint density at radius 2 is 1.84 bits per heavy atom. The minimum Gasteiger partial charge on any atom is -0.477 e. The van der Waals surface area contributed by atoms with E-state index in [0.29, 0.717) is 10.6 Å². The van der Waals surface area contributed by atoms with Crippen molar-refractivity contribution in [2.45, 2.75) is 58.5 Å². The molecule has 0 atom stereocenters. The Bertz CT molecular complexity index is 447. The molecular weight excluding hydrogens is 262 g/mol. The van der Waals surface area contributed by atoms with Crippen LogP contribution in [-0.4, -0.2) is 23.2 Å². The topological polar surface area (TPSA) is 59.4 Å². The molecule has 1 aromatic heterocycles. The summed E-state index contributed by atoms with van der Waals surface area (Å²) in [6.07, 6.45) is 1.55. The van der Waals surface area contributed by atoms with Crippen molar-refractivity contribution in [1.29, 1.82) is 0 Å². The highest BCUT2D eigenvalue weighted by atomic mass is 32.1. The van der Waals surface area contributed by atoms with Crippen molar-refractivity contribution in [3.05, 3.63) is 15.6 Å². The van der Waals surface area contributed by atoms with Crippen molar-refractivity contribution in [2.24, 2.45) is 0 Å². The quantitative estimate of drug-likeness (QED) is 0.894. The molecule has 19 heavy (non-hydrogen) atoms. The van der Waals surface area contributed by atoms with E-state index in [0.717, 1.165) is 17.8 Å². The number of carboxylic acids is 1. The lowest BCUT2D eigenvalue weighted by atomic mass is 9.91. The zero-order valence-electron chi connectivity index (χ0n) is 12.5. The van der Waals surface area contributed by atoms with E-state index in [9.17, 15) is 9.90 Å². The Hall–Kier alpha value is -0.940. The predicted molar refractivity (Wildman–Crippen MR) is 77.0 cm³/mol. The molecule has 1 rings (SSSR count). The number of aromatic nitrogens is 1. The molecule has 0 unspecified atom stereocenters. The minimum atomic E-state index is -0.911. The second kappa shape index (κ2) is 5.59. The summed E-state index contributed by atoms with van der Waals surface area (Å²) in [7, 11) is 1.66. The second-order valence-corrected chi connectivity index (χ2v) is 6.66. The van der Waals surface area contributed by atoms with Crippen molar-refractivity contribution in [1.82, 2.24) is 4.98 Å². The number of hydrogen-bond acceptors (Lipinski definition) is 4. The molecule has 0 saturated carbocycles. The first-order valence-electron chi connectivity index (χ1n) is 6.52. The van der Waals surface area contributed by atoms with Crippen LogP contribution in [0.2, 0.25) is 0 Å². The van der Waals surface area contributed by atoms with Crippen LogP contribution >= 0.6 is 11.3 Å². The van der Waals surface area contributed by atoms with E-state index in [2.05, 4.69) is 4.98 Å². The van der Waals surface area contributed by atoms with Crippen molar-refractivity contribution in [3.63, 3.8) is 0 Å². The molecule has 0 aliphatic heterocycles. The molecule has 0 saturated heterocycles. The van der Waals surface area contributed by atoms with Crippen LogP contribution in [0.25, 0.3) is 0 Å². The van der Waals surface area contributed by atoms with E-state index >= 15 is 0 Å². The van der Waals surface area contributed by atoms with Crippen LogP contribution in [0.4, 0.5) is 0 Å². The number of rotatable bonds is 5. The fourth-order valence-electron chi connectivity index (χ4n) is 2.10. The number of methoxy groups -OCH3 is 1. The predicted octanol–water partition coefficient (Wildman–Crippen LogP) is 3.80. The van der Waals surface area contributed by atoms with Crippen LogP contribution in [0.15, 0.2) is 0 Å². The zero-order chi connectivity index (χ0) is 14.8. The highest BCUT2D eigenvalue weighted by molar-refractivity contribution is 7.13. The number of carbonyl (C=O) groups is 1. The monoisotopic (exact) mass is 285 g/mol. The highest BCUT2D eigenvalue weighted by Gasteiger charge is 2.36. The van der Waals surface area contributed by atoms with Gasteiger partial charge < -0.3 is 9.84 Å². The first kappa shape index (κ1) is 16.1. The normalized spacial score (nSPS) is 12.7. The van der Waals surface area contributed by atoms with Gasteiger partial charge in [0.2, 0.25) is 0 Å². The first-order chi connectivity index (χ1) is 8.71. The molecular formula is C14H23NO3S. The van der Waals surface area contributed by atoms with E-state index in [4.69, 9.17) is 4.74 Å². The van der Waals surface area contributed by atoms with Gasteiger partial charge in [0.15, 0.2) is 0 Å². The van der Waals surface area contributed by atoms with Gasteiger partial charge in [-0.3, -0.25) is 0 Å². The van der Waals surface area contributed by atoms with Crippen molar-refractivity contribution >= 4 is 17.3 Å². The highest BCUT2D eigenvalue weighted by Crippen LogP contribution is 2.39. The molecule has 0 bridgehead atoms. The molecule has 0 radical (unpaired) electrons. The lowest BCUT2D eigenvalue weighted by molar-refractivity contribution is -0.0220. The van der Waals surface area contributed by atoms with Gasteiger partial charge in [0, 0.05) is 12.5 Å².